The number of rotatable bonds is 8. The molecule has 30 heavy (non-hydrogen) atoms. The van der Waals surface area contributed by atoms with Gasteiger partial charge in [-0.25, -0.2) is 4.98 Å². The highest BCUT2D eigenvalue weighted by atomic mass is 35.5. The van der Waals surface area contributed by atoms with Crippen molar-refractivity contribution in [2.45, 2.75) is 20.0 Å². The first-order valence-corrected chi connectivity index (χ1v) is 9.35. The number of carbonyl (C=O) groups excluding carboxylic acids is 2. The lowest BCUT2D eigenvalue weighted by Gasteiger charge is -2.18. The molecule has 0 fully saturated rings. The number of carbonyl (C=O) groups is 2. The second kappa shape index (κ2) is 9.25. The molecule has 0 saturated carbocycles. The zero-order valence-electron chi connectivity index (χ0n) is 16.2. The van der Waals surface area contributed by atoms with E-state index in [0.717, 1.165) is 5.56 Å². The highest BCUT2D eigenvalue weighted by molar-refractivity contribution is 6.31. The molecule has 0 N–H and O–H groups in total. The zero-order chi connectivity index (χ0) is 21.7. The van der Waals surface area contributed by atoms with E-state index < -0.39 is 23.6 Å². The summed E-state index contributed by atoms with van der Waals surface area (Å²) in [6.07, 6.45) is 1.80. The van der Waals surface area contributed by atoms with E-state index in [2.05, 4.69) is 4.98 Å². The van der Waals surface area contributed by atoms with Crippen LogP contribution in [0, 0.1) is 24.2 Å². The zero-order valence-corrected chi connectivity index (χ0v) is 16.9. The first-order valence-electron chi connectivity index (χ1n) is 8.97. The Morgan fingerprint density at radius 3 is 2.57 bits per heavy atom. The highest BCUT2D eigenvalue weighted by Gasteiger charge is 2.34. The van der Waals surface area contributed by atoms with Crippen LogP contribution in [0.2, 0.25) is 5.02 Å². The number of ketones is 2. The number of para-hydroxylation sites is 2. The molecule has 2 unspecified atom stereocenters. The molecular formula is C22H17ClN2O5. The van der Waals surface area contributed by atoms with Gasteiger partial charge in [-0.3, -0.25) is 9.59 Å². The van der Waals surface area contributed by atoms with Crippen LogP contribution in [0.15, 0.2) is 59.3 Å². The molecule has 7 nitrogen and oxygen atoms in total. The number of aryl methyl sites for hydroxylation is 1. The second-order valence-electron chi connectivity index (χ2n) is 6.41. The van der Waals surface area contributed by atoms with E-state index in [1.165, 1.54) is 25.3 Å². The number of halogens is 1. The summed E-state index contributed by atoms with van der Waals surface area (Å²) >= 11 is 6.17. The monoisotopic (exact) mass is 424 g/mol. The first kappa shape index (κ1) is 21.1. The molecule has 0 bridgehead atoms. The second-order valence-corrected chi connectivity index (χ2v) is 6.82. The number of ether oxygens (including phenoxy) is 2. The van der Waals surface area contributed by atoms with E-state index in [9.17, 15) is 14.9 Å². The summed E-state index contributed by atoms with van der Waals surface area (Å²) in [5.41, 5.74) is 0.875. The third kappa shape index (κ3) is 4.67. The molecule has 8 heteroatoms. The van der Waals surface area contributed by atoms with Crippen molar-refractivity contribution in [1.82, 2.24) is 4.98 Å². The number of Topliss-reactive ketones (excluding diaryl/α,β-unsaturated/α-hetero) is 2. The third-order valence-corrected chi connectivity index (χ3v) is 4.41. The molecule has 3 aromatic rings. The van der Waals surface area contributed by atoms with Crippen molar-refractivity contribution >= 4 is 23.2 Å². The van der Waals surface area contributed by atoms with Crippen molar-refractivity contribution in [2.75, 3.05) is 0 Å². The molecule has 0 aliphatic heterocycles. The molecule has 0 radical (unpaired) electrons. The molecule has 0 amide bonds. The Kier molecular flexibility index (Phi) is 6.50. The average Bonchev–Trinajstić information content (AvgIpc) is 3.26. The summed E-state index contributed by atoms with van der Waals surface area (Å²) in [5.74, 6) is -2.33. The number of aromatic nitrogens is 1. The summed E-state index contributed by atoms with van der Waals surface area (Å²) in [4.78, 5) is 29.2. The maximum Gasteiger partial charge on any atom is 0.238 e. The Bertz CT molecular complexity index is 1100. The Morgan fingerprint density at radius 2 is 1.93 bits per heavy atom. The van der Waals surface area contributed by atoms with Crippen LogP contribution in [-0.4, -0.2) is 22.7 Å². The molecule has 2 heterocycles. The Labute approximate surface area is 177 Å². The topological polar surface area (TPSA) is 102 Å². The predicted octanol–water partition coefficient (Wildman–Crippen LogP) is 4.79. The van der Waals surface area contributed by atoms with Crippen LogP contribution in [0.4, 0.5) is 0 Å². The fourth-order valence-corrected chi connectivity index (χ4v) is 2.89. The molecule has 0 aliphatic rings. The molecule has 2 atom stereocenters. The lowest BCUT2D eigenvalue weighted by molar-refractivity contribution is -0.126. The number of nitriles is 1. The molecule has 0 aliphatic carbocycles. The van der Waals surface area contributed by atoms with Gasteiger partial charge >= 0.3 is 0 Å². The fraction of sp³-hybridized carbons (Fsp3) is 0.182. The van der Waals surface area contributed by atoms with Crippen LogP contribution < -0.4 is 9.47 Å². The fourth-order valence-electron chi connectivity index (χ4n) is 2.63. The van der Waals surface area contributed by atoms with Gasteiger partial charge in [-0.2, -0.15) is 5.26 Å². The standard InChI is InChI=1S/C22H17ClN2O5/c1-13-10-16(23)22(25-12-13)30-18-7-4-3-6-17(18)29-14(2)20(26)15(11-24)21(27)19-8-5-9-28-19/h3-10,12,14-15H,1-2H3. The van der Waals surface area contributed by atoms with Crippen LogP contribution in [-0.2, 0) is 4.79 Å². The van der Waals surface area contributed by atoms with Gasteiger partial charge in [-0.1, -0.05) is 23.7 Å². The molecular weight excluding hydrogens is 408 g/mol. The van der Waals surface area contributed by atoms with Gasteiger partial charge in [-0.15, -0.1) is 0 Å². The van der Waals surface area contributed by atoms with Crippen molar-refractivity contribution in [3.63, 3.8) is 0 Å². The van der Waals surface area contributed by atoms with E-state index in [1.807, 2.05) is 6.92 Å². The minimum absolute atomic E-state index is 0.0640. The normalized spacial score (nSPS) is 12.5. The summed E-state index contributed by atoms with van der Waals surface area (Å²) < 4.78 is 16.5. The van der Waals surface area contributed by atoms with E-state index in [4.69, 9.17) is 25.5 Å². The lowest BCUT2D eigenvalue weighted by Crippen LogP contribution is -2.34. The average molecular weight is 425 g/mol. The molecule has 0 spiro atoms. The Hall–Kier alpha value is -3.63. The summed E-state index contributed by atoms with van der Waals surface area (Å²) in [7, 11) is 0. The lowest BCUT2D eigenvalue weighted by atomic mass is 9.96. The maximum absolute atomic E-state index is 12.7. The van der Waals surface area contributed by atoms with Gasteiger partial charge in [0, 0.05) is 6.20 Å². The van der Waals surface area contributed by atoms with Gasteiger partial charge in [0.05, 0.1) is 12.3 Å². The number of benzene rings is 1. The number of nitrogens with zero attached hydrogens (tertiary/aromatic N) is 2. The molecule has 1 aromatic carbocycles. The van der Waals surface area contributed by atoms with Crippen LogP contribution in [0.3, 0.4) is 0 Å². The first-order chi connectivity index (χ1) is 14.4. The van der Waals surface area contributed by atoms with Gasteiger partial charge < -0.3 is 13.9 Å². The molecule has 0 saturated heterocycles. The van der Waals surface area contributed by atoms with E-state index >= 15 is 0 Å². The molecule has 152 valence electrons. The predicted molar refractivity (Wildman–Crippen MR) is 108 cm³/mol. The van der Waals surface area contributed by atoms with Crippen molar-refractivity contribution in [3.8, 4) is 23.4 Å². The highest BCUT2D eigenvalue weighted by Crippen LogP contribution is 2.34. The van der Waals surface area contributed by atoms with Crippen molar-refractivity contribution < 1.29 is 23.5 Å². The summed E-state index contributed by atoms with van der Waals surface area (Å²) in [5, 5.41) is 9.67. The Morgan fingerprint density at radius 1 is 1.20 bits per heavy atom. The van der Waals surface area contributed by atoms with Crippen LogP contribution >= 0.6 is 11.6 Å². The van der Waals surface area contributed by atoms with Gasteiger partial charge in [0.25, 0.3) is 0 Å². The minimum atomic E-state index is -1.55. The summed E-state index contributed by atoms with van der Waals surface area (Å²) in [6.45, 7) is 3.30. The van der Waals surface area contributed by atoms with Crippen molar-refractivity contribution in [2.24, 2.45) is 5.92 Å². The maximum atomic E-state index is 12.7. The van der Waals surface area contributed by atoms with Gasteiger partial charge in [-0.05, 0) is 49.7 Å². The number of hydrogen-bond donors (Lipinski definition) is 0. The smallest absolute Gasteiger partial charge is 0.238 e. The van der Waals surface area contributed by atoms with Gasteiger partial charge in [0.2, 0.25) is 11.7 Å². The largest absolute Gasteiger partial charge is 0.479 e. The summed E-state index contributed by atoms with van der Waals surface area (Å²) in [6, 6.07) is 13.0. The van der Waals surface area contributed by atoms with Gasteiger partial charge in [0.1, 0.15) is 5.02 Å². The van der Waals surface area contributed by atoms with Crippen molar-refractivity contribution in [3.05, 3.63) is 71.3 Å². The number of furan rings is 1. The molecule has 2 aromatic heterocycles. The molecule has 3 rings (SSSR count). The van der Waals surface area contributed by atoms with Crippen LogP contribution in [0.25, 0.3) is 0 Å². The van der Waals surface area contributed by atoms with Crippen molar-refractivity contribution in [1.29, 1.82) is 5.26 Å². The van der Waals surface area contributed by atoms with E-state index in [0.29, 0.717) is 5.02 Å². The minimum Gasteiger partial charge on any atom is -0.479 e. The quantitative estimate of drug-likeness (QED) is 0.378. The van der Waals surface area contributed by atoms with Crippen LogP contribution in [0.1, 0.15) is 23.0 Å². The van der Waals surface area contributed by atoms with Crippen LogP contribution in [0.5, 0.6) is 17.4 Å². The SMILES string of the molecule is Cc1cnc(Oc2ccccc2OC(C)C(=O)C(C#N)C(=O)c2ccco2)c(Cl)c1. The third-order valence-electron chi connectivity index (χ3n) is 4.14. The van der Waals surface area contributed by atoms with E-state index in [-0.39, 0.29) is 23.1 Å². The number of pyridine rings is 1. The van der Waals surface area contributed by atoms with Gasteiger partial charge in [0.15, 0.2) is 35.1 Å². The van der Waals surface area contributed by atoms with E-state index in [1.54, 1.807) is 42.6 Å². The Balaban J connectivity index is 1.78. The number of hydrogen-bond acceptors (Lipinski definition) is 7.